The molecule has 0 radical (unpaired) electrons. The maximum absolute atomic E-state index is 11.8. The number of aromatic nitrogens is 1. The van der Waals surface area contributed by atoms with Gasteiger partial charge in [-0.2, -0.15) is 0 Å². The van der Waals surface area contributed by atoms with Gasteiger partial charge >= 0.3 is 0 Å². The van der Waals surface area contributed by atoms with Crippen molar-refractivity contribution in [1.29, 1.82) is 0 Å². The Morgan fingerprint density at radius 2 is 2.21 bits per heavy atom. The molecule has 1 aromatic heterocycles. The second kappa shape index (κ2) is 4.97. The highest BCUT2D eigenvalue weighted by Crippen LogP contribution is 2.35. The van der Waals surface area contributed by atoms with Crippen LogP contribution in [0.3, 0.4) is 0 Å². The lowest BCUT2D eigenvalue weighted by Gasteiger charge is -2.29. The van der Waals surface area contributed by atoms with E-state index in [9.17, 15) is 9.59 Å². The summed E-state index contributed by atoms with van der Waals surface area (Å²) in [5.74, 6) is -0.992. The smallest absolute Gasteiger partial charge is 0.244 e. The molecule has 0 saturated heterocycles. The molecule has 1 aromatic rings. The van der Waals surface area contributed by atoms with Crippen molar-refractivity contribution >= 4 is 23.2 Å². The first-order valence-electron chi connectivity index (χ1n) is 5.82. The Morgan fingerprint density at radius 1 is 1.47 bits per heavy atom. The second-order valence-electron chi connectivity index (χ2n) is 4.67. The lowest BCUT2D eigenvalue weighted by molar-refractivity contribution is -0.125. The normalized spacial score (nSPS) is 22.1. The van der Waals surface area contributed by atoms with Crippen molar-refractivity contribution in [2.24, 2.45) is 16.9 Å². The van der Waals surface area contributed by atoms with E-state index in [2.05, 4.69) is 4.98 Å². The number of carbonyl (C=O) groups excluding carboxylic acids is 2. The zero-order valence-electron chi connectivity index (χ0n) is 10.6. The summed E-state index contributed by atoms with van der Waals surface area (Å²) in [6.07, 6.45) is 5.64. The van der Waals surface area contributed by atoms with Crippen molar-refractivity contribution in [3.8, 4) is 0 Å². The van der Waals surface area contributed by atoms with Gasteiger partial charge in [0.15, 0.2) is 0 Å². The Kier molecular flexibility index (Phi) is 3.53. The van der Waals surface area contributed by atoms with Gasteiger partial charge in [-0.1, -0.05) is 18.2 Å². The van der Waals surface area contributed by atoms with E-state index in [1.807, 2.05) is 12.3 Å². The maximum atomic E-state index is 11.8. The van der Waals surface area contributed by atoms with E-state index in [4.69, 9.17) is 11.5 Å². The van der Waals surface area contributed by atoms with Crippen molar-refractivity contribution in [3.63, 3.8) is 0 Å². The quantitative estimate of drug-likeness (QED) is 0.852. The lowest BCUT2D eigenvalue weighted by atomic mass is 9.75. The lowest BCUT2D eigenvalue weighted by Crippen LogP contribution is -2.40. The van der Waals surface area contributed by atoms with E-state index in [1.165, 1.54) is 11.3 Å². The minimum absolute atomic E-state index is 0.229. The molecule has 6 heteroatoms. The van der Waals surface area contributed by atoms with Gasteiger partial charge < -0.3 is 11.5 Å². The van der Waals surface area contributed by atoms with Crippen LogP contribution in [-0.2, 0) is 16.0 Å². The Morgan fingerprint density at radius 3 is 2.74 bits per heavy atom. The van der Waals surface area contributed by atoms with Gasteiger partial charge in [0, 0.05) is 23.1 Å². The number of rotatable bonds is 4. The van der Waals surface area contributed by atoms with Crippen LogP contribution in [0.4, 0.5) is 0 Å². The molecule has 1 heterocycles. The molecule has 0 saturated carbocycles. The number of amides is 2. The van der Waals surface area contributed by atoms with Gasteiger partial charge in [-0.05, 0) is 13.3 Å². The monoisotopic (exact) mass is 277 g/mol. The van der Waals surface area contributed by atoms with Crippen LogP contribution in [0.15, 0.2) is 29.2 Å². The van der Waals surface area contributed by atoms with E-state index in [0.29, 0.717) is 12.0 Å². The number of carbonyl (C=O) groups is 2. The SMILES string of the molecule is Cc1csc(CC2(C(N)=O)C=CC=C(C(N)=O)C2)n1. The number of nitrogens with zero attached hydrogens (tertiary/aromatic N) is 1. The topological polar surface area (TPSA) is 99.1 Å². The third-order valence-corrected chi connectivity index (χ3v) is 4.13. The van der Waals surface area contributed by atoms with Crippen LogP contribution < -0.4 is 11.5 Å². The van der Waals surface area contributed by atoms with E-state index in [-0.39, 0.29) is 6.42 Å². The standard InChI is InChI=1S/C13H15N3O2S/c1-8-7-19-10(16-8)6-13(12(15)18)4-2-3-9(5-13)11(14)17/h2-4,7H,5-6H2,1H3,(H2,14,17)(H2,15,18). The molecule has 2 rings (SSSR count). The predicted molar refractivity (Wildman–Crippen MR) is 73.2 cm³/mol. The molecule has 0 aromatic carbocycles. The third-order valence-electron chi connectivity index (χ3n) is 3.16. The largest absolute Gasteiger partial charge is 0.369 e. The number of aryl methyl sites for hydroxylation is 1. The summed E-state index contributed by atoms with van der Waals surface area (Å²) in [5, 5.41) is 2.74. The number of nitrogens with two attached hydrogens (primary N) is 2. The molecule has 100 valence electrons. The minimum atomic E-state index is -0.913. The van der Waals surface area contributed by atoms with E-state index >= 15 is 0 Å². The van der Waals surface area contributed by atoms with Crippen LogP contribution in [0.1, 0.15) is 17.1 Å². The minimum Gasteiger partial charge on any atom is -0.369 e. The second-order valence-corrected chi connectivity index (χ2v) is 5.61. The molecular weight excluding hydrogens is 262 g/mol. The van der Waals surface area contributed by atoms with Gasteiger partial charge in [-0.3, -0.25) is 9.59 Å². The van der Waals surface area contributed by atoms with Crippen molar-refractivity contribution in [2.45, 2.75) is 19.8 Å². The fraction of sp³-hybridized carbons (Fsp3) is 0.308. The van der Waals surface area contributed by atoms with E-state index < -0.39 is 17.2 Å². The fourth-order valence-electron chi connectivity index (χ4n) is 2.11. The zero-order chi connectivity index (χ0) is 14.0. The van der Waals surface area contributed by atoms with Gasteiger partial charge in [0.25, 0.3) is 0 Å². The molecular formula is C13H15N3O2S. The molecule has 5 nitrogen and oxygen atoms in total. The highest BCUT2D eigenvalue weighted by molar-refractivity contribution is 7.09. The van der Waals surface area contributed by atoms with Crippen molar-refractivity contribution in [3.05, 3.63) is 39.9 Å². The first-order chi connectivity index (χ1) is 8.93. The predicted octanol–water partition coefficient (Wildman–Crippen LogP) is 0.837. The number of thiazole rings is 1. The molecule has 19 heavy (non-hydrogen) atoms. The average molecular weight is 277 g/mol. The maximum Gasteiger partial charge on any atom is 0.244 e. The fourth-order valence-corrected chi connectivity index (χ4v) is 3.00. The first kappa shape index (κ1) is 13.5. The average Bonchev–Trinajstić information content (AvgIpc) is 2.74. The van der Waals surface area contributed by atoms with Gasteiger partial charge in [0.2, 0.25) is 11.8 Å². The summed E-state index contributed by atoms with van der Waals surface area (Å²) < 4.78 is 0. The van der Waals surface area contributed by atoms with Crippen LogP contribution in [0.5, 0.6) is 0 Å². The van der Waals surface area contributed by atoms with Gasteiger partial charge in [0.1, 0.15) is 0 Å². The molecule has 4 N–H and O–H groups in total. The number of allylic oxidation sites excluding steroid dienone is 2. The molecule has 0 fully saturated rings. The van der Waals surface area contributed by atoms with Crippen molar-refractivity contribution < 1.29 is 9.59 Å². The summed E-state index contributed by atoms with van der Waals surface area (Å²) in [4.78, 5) is 27.4. The molecule has 0 spiro atoms. The van der Waals surface area contributed by atoms with Crippen LogP contribution in [0.25, 0.3) is 0 Å². The Balaban J connectivity index is 2.30. The van der Waals surface area contributed by atoms with E-state index in [0.717, 1.165) is 10.7 Å². The van der Waals surface area contributed by atoms with Crippen molar-refractivity contribution in [2.75, 3.05) is 0 Å². The van der Waals surface area contributed by atoms with Crippen LogP contribution in [-0.4, -0.2) is 16.8 Å². The number of primary amides is 2. The van der Waals surface area contributed by atoms with Crippen LogP contribution in [0.2, 0.25) is 0 Å². The molecule has 0 aliphatic heterocycles. The van der Waals surface area contributed by atoms with Crippen LogP contribution >= 0.6 is 11.3 Å². The molecule has 1 aliphatic carbocycles. The number of hydrogen-bond donors (Lipinski definition) is 2. The Bertz CT molecular complexity index is 588. The highest BCUT2D eigenvalue weighted by atomic mass is 32.1. The van der Waals surface area contributed by atoms with Gasteiger partial charge in [-0.15, -0.1) is 11.3 Å². The molecule has 1 unspecified atom stereocenters. The summed E-state index contributed by atoms with van der Waals surface area (Å²) >= 11 is 1.48. The summed E-state index contributed by atoms with van der Waals surface area (Å²) in [7, 11) is 0. The summed E-state index contributed by atoms with van der Waals surface area (Å²) in [6, 6.07) is 0. The summed E-state index contributed by atoms with van der Waals surface area (Å²) in [6.45, 7) is 1.89. The summed E-state index contributed by atoms with van der Waals surface area (Å²) in [5.41, 5.74) is 11.2. The Labute approximate surface area is 115 Å². The van der Waals surface area contributed by atoms with Gasteiger partial charge in [0.05, 0.1) is 10.4 Å². The molecule has 1 atom stereocenters. The number of hydrogen-bond acceptors (Lipinski definition) is 4. The zero-order valence-corrected chi connectivity index (χ0v) is 11.4. The van der Waals surface area contributed by atoms with E-state index in [1.54, 1.807) is 18.2 Å². The van der Waals surface area contributed by atoms with Gasteiger partial charge in [-0.25, -0.2) is 4.98 Å². The molecule has 1 aliphatic rings. The molecule has 0 bridgehead atoms. The van der Waals surface area contributed by atoms with Crippen LogP contribution in [0, 0.1) is 12.3 Å². The molecule has 2 amide bonds. The first-order valence-corrected chi connectivity index (χ1v) is 6.70. The van der Waals surface area contributed by atoms with Crippen molar-refractivity contribution in [1.82, 2.24) is 4.98 Å². The third kappa shape index (κ3) is 2.73. The highest BCUT2D eigenvalue weighted by Gasteiger charge is 2.38. The Hall–Kier alpha value is -1.95.